The molecule has 0 unspecified atom stereocenters. The van der Waals surface area contributed by atoms with Crippen LogP contribution in [0.15, 0.2) is 42.5 Å². The summed E-state index contributed by atoms with van der Waals surface area (Å²) in [7, 11) is 0. The van der Waals surface area contributed by atoms with Crippen molar-refractivity contribution in [2.24, 2.45) is 0 Å². The van der Waals surface area contributed by atoms with E-state index in [2.05, 4.69) is 10.6 Å². The zero-order chi connectivity index (χ0) is 23.0. The van der Waals surface area contributed by atoms with Gasteiger partial charge in [0.25, 0.3) is 11.8 Å². The van der Waals surface area contributed by atoms with Crippen LogP contribution in [0.2, 0.25) is 0 Å². The van der Waals surface area contributed by atoms with Crippen molar-refractivity contribution in [3.8, 4) is 5.75 Å². The molecule has 1 heterocycles. The zero-order valence-corrected chi connectivity index (χ0v) is 18.8. The van der Waals surface area contributed by atoms with Gasteiger partial charge in [0.1, 0.15) is 12.3 Å². The number of nitrogens with zero attached hydrogens (tertiary/aromatic N) is 1. The number of anilines is 2. The molecule has 0 aliphatic carbocycles. The van der Waals surface area contributed by atoms with E-state index in [1.54, 1.807) is 38.1 Å². The van der Waals surface area contributed by atoms with Crippen molar-refractivity contribution in [3.63, 3.8) is 0 Å². The largest absolute Gasteiger partial charge is 0.476 e. The van der Waals surface area contributed by atoms with Crippen LogP contribution in [0.25, 0.3) is 0 Å². The topological polar surface area (TPSA) is 87.7 Å². The fourth-order valence-corrected chi connectivity index (χ4v) is 3.33. The Bertz CT molecular complexity index is 1040. The number of fused-ring (bicyclic) bond motifs is 1. The van der Waals surface area contributed by atoms with E-state index in [-0.39, 0.29) is 24.3 Å². The van der Waals surface area contributed by atoms with E-state index in [0.717, 1.165) is 5.56 Å². The van der Waals surface area contributed by atoms with E-state index >= 15 is 0 Å². The van der Waals surface area contributed by atoms with Gasteiger partial charge in [-0.05, 0) is 71.4 Å². The number of carbonyl (C=O) groups is 3. The first-order valence-electron chi connectivity index (χ1n) is 10.2. The van der Waals surface area contributed by atoms with Gasteiger partial charge in [-0.1, -0.05) is 18.2 Å². The van der Waals surface area contributed by atoms with Crippen molar-refractivity contribution in [1.82, 2.24) is 5.32 Å². The van der Waals surface area contributed by atoms with Crippen LogP contribution in [0.3, 0.4) is 0 Å². The molecule has 2 aromatic carbocycles. The van der Waals surface area contributed by atoms with Gasteiger partial charge >= 0.3 is 0 Å². The van der Waals surface area contributed by atoms with Crippen molar-refractivity contribution in [3.05, 3.63) is 53.6 Å². The summed E-state index contributed by atoms with van der Waals surface area (Å²) in [6.45, 7) is 10.7. The molecule has 1 aliphatic heterocycles. The van der Waals surface area contributed by atoms with Crippen LogP contribution in [0.4, 0.5) is 11.4 Å². The normalized spacial score (nSPS) is 15.0. The summed E-state index contributed by atoms with van der Waals surface area (Å²) in [6, 6.07) is 12.3. The summed E-state index contributed by atoms with van der Waals surface area (Å²) in [5.41, 5.74) is 0.844. The Morgan fingerprint density at radius 1 is 1.10 bits per heavy atom. The summed E-state index contributed by atoms with van der Waals surface area (Å²) in [5, 5.41) is 5.75. The highest BCUT2D eigenvalue weighted by Crippen LogP contribution is 2.38. The third-order valence-electron chi connectivity index (χ3n) is 4.85. The number of para-hydroxylation sites is 1. The van der Waals surface area contributed by atoms with Gasteiger partial charge < -0.3 is 15.4 Å². The van der Waals surface area contributed by atoms with E-state index in [0.29, 0.717) is 22.7 Å². The van der Waals surface area contributed by atoms with E-state index in [1.807, 2.05) is 45.9 Å². The number of nitrogens with one attached hydrogen (secondary N) is 2. The molecule has 3 rings (SSSR count). The summed E-state index contributed by atoms with van der Waals surface area (Å²) >= 11 is 0. The smallest absolute Gasteiger partial charge is 0.271 e. The third-order valence-corrected chi connectivity index (χ3v) is 4.85. The molecule has 0 radical (unpaired) electrons. The molecule has 0 bridgehead atoms. The van der Waals surface area contributed by atoms with E-state index in [4.69, 9.17) is 4.74 Å². The van der Waals surface area contributed by atoms with Gasteiger partial charge in [0, 0.05) is 16.8 Å². The summed E-state index contributed by atoms with van der Waals surface area (Å²) in [6.07, 6.45) is 0. The number of aryl methyl sites for hydroxylation is 1. The molecule has 1 aliphatic rings. The monoisotopic (exact) mass is 423 g/mol. The second-order valence-corrected chi connectivity index (χ2v) is 9.25. The number of carbonyl (C=O) groups excluding carboxylic acids is 3. The molecule has 0 spiro atoms. The Labute approximate surface area is 182 Å². The highest BCUT2D eigenvalue weighted by molar-refractivity contribution is 6.08. The molecular formula is C24H29N3O4. The molecule has 0 saturated carbocycles. The van der Waals surface area contributed by atoms with E-state index in [9.17, 15) is 14.4 Å². The minimum atomic E-state index is -1.13. The highest BCUT2D eigenvalue weighted by Gasteiger charge is 2.42. The second-order valence-electron chi connectivity index (χ2n) is 9.25. The van der Waals surface area contributed by atoms with Gasteiger partial charge in [-0.15, -0.1) is 0 Å². The van der Waals surface area contributed by atoms with Crippen LogP contribution in [0.1, 0.15) is 50.5 Å². The second kappa shape index (κ2) is 8.06. The lowest BCUT2D eigenvalue weighted by Crippen LogP contribution is -2.54. The Morgan fingerprint density at radius 3 is 2.42 bits per heavy atom. The van der Waals surface area contributed by atoms with Crippen LogP contribution >= 0.6 is 0 Å². The molecule has 2 N–H and O–H groups in total. The summed E-state index contributed by atoms with van der Waals surface area (Å²) < 4.78 is 5.86. The van der Waals surface area contributed by atoms with E-state index < -0.39 is 11.1 Å². The molecule has 7 heteroatoms. The number of ether oxygens (including phenoxy) is 1. The molecule has 3 amide bonds. The lowest BCUT2D eigenvalue weighted by molar-refractivity contribution is -0.133. The van der Waals surface area contributed by atoms with Gasteiger partial charge in [0.05, 0.1) is 5.69 Å². The predicted molar refractivity (Wildman–Crippen MR) is 121 cm³/mol. The first kappa shape index (κ1) is 22.3. The quantitative estimate of drug-likeness (QED) is 0.786. The molecule has 0 saturated heterocycles. The first-order chi connectivity index (χ1) is 14.4. The van der Waals surface area contributed by atoms with Crippen molar-refractivity contribution in [1.29, 1.82) is 0 Å². The Hall–Kier alpha value is -3.35. The SMILES string of the molecule is Cc1ccccc1NC(=O)CN1C(=O)C(C)(C)Oc2ccc(C(=O)NC(C)(C)C)cc21. The van der Waals surface area contributed by atoms with Crippen molar-refractivity contribution in [2.45, 2.75) is 52.7 Å². The number of hydrogen-bond donors (Lipinski definition) is 2. The number of amides is 3. The van der Waals surface area contributed by atoms with Gasteiger partial charge in [0.2, 0.25) is 5.91 Å². The fourth-order valence-electron chi connectivity index (χ4n) is 3.33. The standard InChI is InChI=1S/C24H29N3O4/c1-15-9-7-8-10-17(15)25-20(28)14-27-18-13-16(21(29)26-23(2,3)4)11-12-19(18)31-24(5,6)22(27)30/h7-13H,14H2,1-6H3,(H,25,28)(H,26,29). The predicted octanol–water partition coefficient (Wildman–Crippen LogP) is 3.67. The summed E-state index contributed by atoms with van der Waals surface area (Å²) in [4.78, 5) is 39.9. The Kier molecular flexibility index (Phi) is 5.81. The molecule has 7 nitrogen and oxygen atoms in total. The molecule has 0 aromatic heterocycles. The molecule has 0 atom stereocenters. The average Bonchev–Trinajstić information content (AvgIpc) is 2.65. The third kappa shape index (κ3) is 5.05. The minimum Gasteiger partial charge on any atom is -0.476 e. The molecule has 2 aromatic rings. The number of benzene rings is 2. The first-order valence-corrected chi connectivity index (χ1v) is 10.2. The van der Waals surface area contributed by atoms with Crippen LogP contribution in [0.5, 0.6) is 5.75 Å². The maximum atomic E-state index is 13.1. The van der Waals surface area contributed by atoms with Crippen molar-refractivity contribution >= 4 is 29.1 Å². The lowest BCUT2D eigenvalue weighted by atomic mass is 10.0. The molecular weight excluding hydrogens is 394 g/mol. The lowest BCUT2D eigenvalue weighted by Gasteiger charge is -2.38. The fraction of sp³-hybridized carbons (Fsp3) is 0.375. The van der Waals surface area contributed by atoms with E-state index in [1.165, 1.54) is 4.90 Å². The zero-order valence-electron chi connectivity index (χ0n) is 18.8. The Morgan fingerprint density at radius 2 is 1.77 bits per heavy atom. The van der Waals surface area contributed by atoms with Crippen molar-refractivity contribution in [2.75, 3.05) is 16.8 Å². The maximum Gasteiger partial charge on any atom is 0.271 e. The molecule has 164 valence electrons. The van der Waals surface area contributed by atoms with Crippen LogP contribution in [-0.4, -0.2) is 35.4 Å². The molecule has 31 heavy (non-hydrogen) atoms. The molecule has 0 fully saturated rings. The van der Waals surface area contributed by atoms with Gasteiger partial charge in [-0.3, -0.25) is 19.3 Å². The maximum absolute atomic E-state index is 13.1. The van der Waals surface area contributed by atoms with Crippen molar-refractivity contribution < 1.29 is 19.1 Å². The summed E-state index contributed by atoms with van der Waals surface area (Å²) in [5.74, 6) is -0.512. The minimum absolute atomic E-state index is 0.197. The van der Waals surface area contributed by atoms with Gasteiger partial charge in [0.15, 0.2) is 5.60 Å². The van der Waals surface area contributed by atoms with Crippen LogP contribution in [-0.2, 0) is 9.59 Å². The van der Waals surface area contributed by atoms with Crippen LogP contribution in [0, 0.1) is 6.92 Å². The number of hydrogen-bond acceptors (Lipinski definition) is 4. The average molecular weight is 424 g/mol. The number of rotatable bonds is 4. The highest BCUT2D eigenvalue weighted by atomic mass is 16.5. The van der Waals surface area contributed by atoms with Crippen LogP contribution < -0.4 is 20.3 Å². The van der Waals surface area contributed by atoms with Gasteiger partial charge in [-0.2, -0.15) is 0 Å². The Balaban J connectivity index is 1.91. The van der Waals surface area contributed by atoms with Gasteiger partial charge in [-0.25, -0.2) is 0 Å².